The number of halogens is 2. The van der Waals surface area contributed by atoms with E-state index in [1.54, 1.807) is 12.1 Å². The van der Waals surface area contributed by atoms with Crippen molar-refractivity contribution >= 4 is 34.4 Å². The number of nitrogens with one attached hydrogen (secondary N) is 1. The van der Waals surface area contributed by atoms with Gasteiger partial charge in [-0.1, -0.05) is 23.7 Å². The number of hydrogen-bond donors (Lipinski definition) is 1. The van der Waals surface area contributed by atoms with E-state index in [-0.39, 0.29) is 22.8 Å². The molecule has 1 aliphatic rings. The van der Waals surface area contributed by atoms with E-state index in [1.165, 1.54) is 31.2 Å². The van der Waals surface area contributed by atoms with Crippen molar-refractivity contribution in [2.75, 3.05) is 0 Å². The molecule has 0 aliphatic heterocycles. The molecule has 4 rings (SSSR count). The molecule has 0 fully saturated rings. The number of carbonyl (C=O) groups is 2. The van der Waals surface area contributed by atoms with Crippen molar-refractivity contribution in [3.05, 3.63) is 74.3 Å². The van der Waals surface area contributed by atoms with Gasteiger partial charge in [0.05, 0.1) is 5.02 Å². The van der Waals surface area contributed by atoms with Crippen LogP contribution in [0.3, 0.4) is 0 Å². The van der Waals surface area contributed by atoms with Crippen LogP contribution in [0.15, 0.2) is 45.6 Å². The molecule has 160 valence electrons. The summed E-state index contributed by atoms with van der Waals surface area (Å²) in [5, 5.41) is 3.41. The Morgan fingerprint density at radius 2 is 2.00 bits per heavy atom. The number of carbonyl (C=O) groups excluding carboxylic acids is 2. The summed E-state index contributed by atoms with van der Waals surface area (Å²) in [7, 11) is 0. The highest BCUT2D eigenvalue weighted by molar-refractivity contribution is 6.33. The van der Waals surface area contributed by atoms with Crippen LogP contribution in [0.2, 0.25) is 5.02 Å². The molecule has 8 heteroatoms. The number of benzene rings is 2. The van der Waals surface area contributed by atoms with Gasteiger partial charge in [-0.15, -0.1) is 0 Å². The average Bonchev–Trinajstić information content (AvgIpc) is 3.19. The van der Waals surface area contributed by atoms with E-state index in [1.807, 2.05) is 0 Å². The Labute approximate surface area is 182 Å². The molecule has 0 saturated heterocycles. The first kappa shape index (κ1) is 21.1. The van der Waals surface area contributed by atoms with Crippen molar-refractivity contribution in [3.63, 3.8) is 0 Å². The third-order valence-corrected chi connectivity index (χ3v) is 5.52. The third-order valence-electron chi connectivity index (χ3n) is 5.23. The van der Waals surface area contributed by atoms with Gasteiger partial charge in [-0.2, -0.15) is 0 Å². The zero-order chi connectivity index (χ0) is 22.1. The lowest BCUT2D eigenvalue weighted by molar-refractivity contribution is -0.139. The van der Waals surface area contributed by atoms with Crippen LogP contribution >= 0.6 is 11.6 Å². The molecule has 0 saturated carbocycles. The van der Waals surface area contributed by atoms with Crippen molar-refractivity contribution < 1.29 is 23.1 Å². The molecule has 0 spiro atoms. The van der Waals surface area contributed by atoms with Gasteiger partial charge >= 0.3 is 11.6 Å². The molecule has 31 heavy (non-hydrogen) atoms. The first-order valence-electron chi connectivity index (χ1n) is 9.83. The lowest BCUT2D eigenvalue weighted by Gasteiger charge is -2.17. The summed E-state index contributed by atoms with van der Waals surface area (Å²) in [4.78, 5) is 36.6. The van der Waals surface area contributed by atoms with Crippen molar-refractivity contribution in [2.45, 2.75) is 38.6 Å². The molecule has 0 radical (unpaired) electrons. The van der Waals surface area contributed by atoms with Crippen LogP contribution < -0.4 is 15.7 Å². The highest BCUT2D eigenvalue weighted by Crippen LogP contribution is 2.34. The van der Waals surface area contributed by atoms with Crippen LogP contribution in [0.4, 0.5) is 4.39 Å². The van der Waals surface area contributed by atoms with Crippen LogP contribution in [-0.2, 0) is 28.9 Å². The minimum absolute atomic E-state index is 0.00913. The van der Waals surface area contributed by atoms with E-state index < -0.39 is 29.4 Å². The molecule has 1 aromatic heterocycles. The summed E-state index contributed by atoms with van der Waals surface area (Å²) >= 11 is 6.35. The summed E-state index contributed by atoms with van der Waals surface area (Å²) in [6, 6.07) is 7.69. The smallest absolute Gasteiger partial charge is 0.339 e. The summed E-state index contributed by atoms with van der Waals surface area (Å²) < 4.78 is 24.3. The van der Waals surface area contributed by atoms with Gasteiger partial charge < -0.3 is 14.5 Å². The van der Waals surface area contributed by atoms with Gasteiger partial charge in [-0.3, -0.25) is 4.79 Å². The largest absolute Gasteiger partial charge is 0.423 e. The average molecular weight is 444 g/mol. The van der Waals surface area contributed by atoms with Gasteiger partial charge in [-0.25, -0.2) is 14.0 Å². The number of hydrogen-bond acceptors (Lipinski definition) is 5. The van der Waals surface area contributed by atoms with E-state index in [0.29, 0.717) is 17.5 Å². The number of aryl methyl sites for hydroxylation is 1. The van der Waals surface area contributed by atoms with Crippen LogP contribution in [0.1, 0.15) is 30.0 Å². The molecule has 1 aliphatic carbocycles. The normalized spacial score (nSPS) is 13.6. The van der Waals surface area contributed by atoms with E-state index >= 15 is 0 Å². The molecule has 1 heterocycles. The topological polar surface area (TPSA) is 85.6 Å². The zero-order valence-corrected chi connectivity index (χ0v) is 17.4. The van der Waals surface area contributed by atoms with Crippen LogP contribution in [0.5, 0.6) is 5.75 Å². The fourth-order valence-electron chi connectivity index (χ4n) is 3.88. The Morgan fingerprint density at radius 1 is 1.23 bits per heavy atom. The van der Waals surface area contributed by atoms with E-state index in [4.69, 9.17) is 20.8 Å². The van der Waals surface area contributed by atoms with Crippen LogP contribution in [-0.4, -0.2) is 17.9 Å². The quantitative estimate of drug-likeness (QED) is 0.369. The SMILES string of the molecule is CC(=O)N[C@H](Cc1cccc(F)c1)C(=O)Oc1cc2oc(=O)c3c(c2cc1Cl)CCC3. The fraction of sp³-hybridized carbons (Fsp3) is 0.261. The molecule has 2 aromatic carbocycles. The first-order chi connectivity index (χ1) is 14.8. The van der Waals surface area contributed by atoms with Gasteiger partial charge in [0.15, 0.2) is 5.75 Å². The Kier molecular flexibility index (Phi) is 5.78. The van der Waals surface area contributed by atoms with Crippen molar-refractivity contribution in [1.29, 1.82) is 0 Å². The summed E-state index contributed by atoms with van der Waals surface area (Å²) in [6.07, 6.45) is 2.32. The summed E-state index contributed by atoms with van der Waals surface area (Å²) in [6.45, 7) is 1.27. The highest BCUT2D eigenvalue weighted by atomic mass is 35.5. The third kappa shape index (κ3) is 4.46. The van der Waals surface area contributed by atoms with E-state index in [2.05, 4.69) is 5.32 Å². The minimum atomic E-state index is -1.06. The Balaban J connectivity index is 1.63. The van der Waals surface area contributed by atoms with Gasteiger partial charge in [0.2, 0.25) is 5.91 Å². The number of ether oxygens (including phenoxy) is 1. The molecular formula is C23H19ClFNO5. The predicted octanol–water partition coefficient (Wildman–Crippen LogP) is 3.73. The monoisotopic (exact) mass is 443 g/mol. The first-order valence-corrected chi connectivity index (χ1v) is 10.2. The Hall–Kier alpha value is -3.19. The molecular weight excluding hydrogens is 425 g/mol. The minimum Gasteiger partial charge on any atom is -0.423 e. The van der Waals surface area contributed by atoms with Gasteiger partial charge in [0, 0.05) is 30.4 Å². The molecule has 1 amide bonds. The van der Waals surface area contributed by atoms with Crippen molar-refractivity contribution in [2.24, 2.45) is 0 Å². The van der Waals surface area contributed by atoms with E-state index in [0.717, 1.165) is 23.8 Å². The van der Waals surface area contributed by atoms with Crippen molar-refractivity contribution in [3.8, 4) is 5.75 Å². The van der Waals surface area contributed by atoms with Crippen molar-refractivity contribution in [1.82, 2.24) is 5.32 Å². The maximum absolute atomic E-state index is 13.5. The van der Waals surface area contributed by atoms with Crippen LogP contribution in [0, 0.1) is 5.82 Å². The Morgan fingerprint density at radius 3 is 2.74 bits per heavy atom. The summed E-state index contributed by atoms with van der Waals surface area (Å²) in [5.41, 5.74) is 1.96. The number of rotatable bonds is 5. The number of esters is 1. The lowest BCUT2D eigenvalue weighted by atomic mass is 10.1. The Bertz CT molecular complexity index is 1250. The van der Waals surface area contributed by atoms with Gasteiger partial charge in [0.1, 0.15) is 17.4 Å². The predicted molar refractivity (Wildman–Crippen MR) is 113 cm³/mol. The molecule has 1 atom stereocenters. The molecule has 1 N–H and O–H groups in total. The molecule has 0 bridgehead atoms. The second kappa shape index (κ2) is 8.51. The zero-order valence-electron chi connectivity index (χ0n) is 16.7. The lowest BCUT2D eigenvalue weighted by Crippen LogP contribution is -2.43. The van der Waals surface area contributed by atoms with Gasteiger partial charge in [0.25, 0.3) is 0 Å². The van der Waals surface area contributed by atoms with E-state index in [9.17, 15) is 18.8 Å². The molecule has 3 aromatic rings. The maximum atomic E-state index is 13.5. The van der Waals surface area contributed by atoms with Crippen LogP contribution in [0.25, 0.3) is 11.0 Å². The second-order valence-electron chi connectivity index (χ2n) is 7.49. The highest BCUT2D eigenvalue weighted by Gasteiger charge is 2.25. The molecule has 0 unspecified atom stereocenters. The number of fused-ring (bicyclic) bond motifs is 3. The second-order valence-corrected chi connectivity index (χ2v) is 7.89. The summed E-state index contributed by atoms with van der Waals surface area (Å²) in [5.74, 6) is -1.66. The van der Waals surface area contributed by atoms with Gasteiger partial charge in [-0.05, 0) is 48.6 Å². The fourth-order valence-corrected chi connectivity index (χ4v) is 4.08. The standard InChI is InChI=1S/C23H19ClFNO5/c1-12(27)26-19(9-13-4-2-5-14(25)8-13)23(29)31-21-11-20-17(10-18(21)24)15-6-3-7-16(15)22(28)30-20/h2,4-5,8,10-11,19H,3,6-7,9H2,1H3,(H,26,27)/t19-/m1/s1. The molecule has 6 nitrogen and oxygen atoms in total. The number of amides is 1. The maximum Gasteiger partial charge on any atom is 0.339 e.